The van der Waals surface area contributed by atoms with Crippen LogP contribution in [-0.4, -0.2) is 43.2 Å². The van der Waals surface area contributed by atoms with Crippen LogP contribution in [0.4, 0.5) is 11.5 Å². The summed E-state index contributed by atoms with van der Waals surface area (Å²) in [5.41, 5.74) is 1.51. The van der Waals surface area contributed by atoms with Crippen LogP contribution >= 0.6 is 0 Å². The fraction of sp³-hybridized carbons (Fsp3) is 0.292. The van der Waals surface area contributed by atoms with Gasteiger partial charge in [-0.1, -0.05) is 23.8 Å². The normalized spacial score (nSPS) is 12.3. The first kappa shape index (κ1) is 25.0. The first-order valence-corrected chi connectivity index (χ1v) is 12.2. The summed E-state index contributed by atoms with van der Waals surface area (Å²) < 4.78 is 34.2. The number of hydrogen-bond acceptors (Lipinski definition) is 6. The standard InChI is InChI=1S/C24H28N4O5S/c1-16(2)28-22(13-14-25-28)26-23(29)18(4)33-24(30)19-7-6-8-21(15-19)34(31,32)27(5)20-11-9-17(3)10-12-20/h6-16,18H,1-5H3,(H,26,29). The molecule has 0 aliphatic carbocycles. The molecule has 0 saturated heterocycles. The SMILES string of the molecule is Cc1ccc(N(C)S(=O)(=O)c2cccc(C(=O)OC(C)C(=O)Nc3ccnn3C(C)C)c2)cc1. The van der Waals surface area contributed by atoms with Gasteiger partial charge in [0, 0.05) is 19.2 Å². The summed E-state index contributed by atoms with van der Waals surface area (Å²) in [4.78, 5) is 25.1. The first-order valence-electron chi connectivity index (χ1n) is 10.7. The second-order valence-electron chi connectivity index (χ2n) is 8.13. The van der Waals surface area contributed by atoms with Gasteiger partial charge in [-0.3, -0.25) is 9.10 Å². The predicted octanol–water partition coefficient (Wildman–Crippen LogP) is 3.78. The van der Waals surface area contributed by atoms with Crippen molar-refractivity contribution in [3.05, 3.63) is 71.9 Å². The van der Waals surface area contributed by atoms with Gasteiger partial charge in [0.1, 0.15) is 5.82 Å². The van der Waals surface area contributed by atoms with Crippen molar-refractivity contribution >= 4 is 33.4 Å². The fourth-order valence-electron chi connectivity index (χ4n) is 3.17. The lowest BCUT2D eigenvalue weighted by Gasteiger charge is -2.20. The lowest BCUT2D eigenvalue weighted by atomic mass is 10.2. The Labute approximate surface area is 199 Å². The first-order chi connectivity index (χ1) is 16.0. The number of rotatable bonds is 8. The zero-order valence-corrected chi connectivity index (χ0v) is 20.5. The van der Waals surface area contributed by atoms with E-state index in [9.17, 15) is 18.0 Å². The molecule has 0 spiro atoms. The number of aromatic nitrogens is 2. The highest BCUT2D eigenvalue weighted by molar-refractivity contribution is 7.92. The van der Waals surface area contributed by atoms with Crippen molar-refractivity contribution in [2.45, 2.75) is 44.7 Å². The number of ether oxygens (including phenoxy) is 1. The lowest BCUT2D eigenvalue weighted by Crippen LogP contribution is -2.31. The number of hydrogen-bond donors (Lipinski definition) is 1. The molecule has 2 aromatic carbocycles. The maximum Gasteiger partial charge on any atom is 0.338 e. The van der Waals surface area contributed by atoms with E-state index in [2.05, 4.69) is 10.4 Å². The Morgan fingerprint density at radius 2 is 1.74 bits per heavy atom. The zero-order chi connectivity index (χ0) is 25.0. The van der Waals surface area contributed by atoms with Gasteiger partial charge < -0.3 is 10.1 Å². The highest BCUT2D eigenvalue weighted by Crippen LogP contribution is 2.23. The number of anilines is 2. The third-order valence-corrected chi connectivity index (χ3v) is 6.97. The number of carbonyl (C=O) groups excluding carboxylic acids is 2. The summed E-state index contributed by atoms with van der Waals surface area (Å²) in [7, 11) is -2.47. The third kappa shape index (κ3) is 5.45. The van der Waals surface area contributed by atoms with Gasteiger partial charge in [0.05, 0.1) is 22.3 Å². The van der Waals surface area contributed by atoms with Crippen LogP contribution in [0.2, 0.25) is 0 Å². The van der Waals surface area contributed by atoms with Crippen LogP contribution in [0.3, 0.4) is 0 Å². The van der Waals surface area contributed by atoms with E-state index in [0.29, 0.717) is 11.5 Å². The molecule has 0 bridgehead atoms. The molecule has 3 aromatic rings. The molecule has 180 valence electrons. The number of carbonyl (C=O) groups is 2. The van der Waals surface area contributed by atoms with Gasteiger partial charge in [-0.2, -0.15) is 5.10 Å². The van der Waals surface area contributed by atoms with E-state index in [1.807, 2.05) is 32.9 Å². The Hall–Kier alpha value is -3.66. The van der Waals surface area contributed by atoms with Gasteiger partial charge in [-0.15, -0.1) is 0 Å². The number of aryl methyl sites for hydroxylation is 1. The van der Waals surface area contributed by atoms with E-state index >= 15 is 0 Å². The van der Waals surface area contributed by atoms with Crippen molar-refractivity contribution in [3.63, 3.8) is 0 Å². The van der Waals surface area contributed by atoms with Gasteiger partial charge >= 0.3 is 5.97 Å². The molecular weight excluding hydrogens is 456 g/mol. The number of sulfonamides is 1. The molecule has 1 amide bonds. The van der Waals surface area contributed by atoms with E-state index in [-0.39, 0.29) is 16.5 Å². The van der Waals surface area contributed by atoms with Crippen molar-refractivity contribution in [3.8, 4) is 0 Å². The van der Waals surface area contributed by atoms with Crippen molar-refractivity contribution in [2.24, 2.45) is 0 Å². The summed E-state index contributed by atoms with van der Waals surface area (Å²) in [6, 6.07) is 14.3. The summed E-state index contributed by atoms with van der Waals surface area (Å²) in [5.74, 6) is -0.858. The molecular formula is C24H28N4O5S. The van der Waals surface area contributed by atoms with E-state index in [1.54, 1.807) is 29.1 Å². The van der Waals surface area contributed by atoms with Gasteiger partial charge in [-0.05, 0) is 58.0 Å². The van der Waals surface area contributed by atoms with E-state index < -0.39 is 28.0 Å². The Bertz CT molecular complexity index is 1280. The zero-order valence-electron chi connectivity index (χ0n) is 19.7. The average molecular weight is 485 g/mol. The number of nitrogens with one attached hydrogen (secondary N) is 1. The van der Waals surface area contributed by atoms with E-state index in [4.69, 9.17) is 4.74 Å². The molecule has 9 nitrogen and oxygen atoms in total. The van der Waals surface area contributed by atoms with Crippen molar-refractivity contribution in [2.75, 3.05) is 16.7 Å². The minimum atomic E-state index is -3.92. The Kier molecular flexibility index (Phi) is 7.41. The summed E-state index contributed by atoms with van der Waals surface area (Å²) in [6.07, 6.45) is 0.449. The fourth-order valence-corrected chi connectivity index (χ4v) is 4.41. The Balaban J connectivity index is 1.73. The summed E-state index contributed by atoms with van der Waals surface area (Å²) in [6.45, 7) is 7.19. The van der Waals surface area contributed by atoms with Crippen LogP contribution < -0.4 is 9.62 Å². The van der Waals surface area contributed by atoms with Crippen LogP contribution in [0.5, 0.6) is 0 Å². The van der Waals surface area contributed by atoms with Gasteiger partial charge in [-0.25, -0.2) is 17.9 Å². The minimum Gasteiger partial charge on any atom is -0.449 e. The van der Waals surface area contributed by atoms with Crippen molar-refractivity contribution in [1.82, 2.24) is 9.78 Å². The molecule has 34 heavy (non-hydrogen) atoms. The number of amides is 1. The number of benzene rings is 2. The van der Waals surface area contributed by atoms with Crippen LogP contribution in [-0.2, 0) is 19.6 Å². The maximum atomic E-state index is 13.1. The predicted molar refractivity (Wildman–Crippen MR) is 129 cm³/mol. The second kappa shape index (κ2) is 10.1. The Morgan fingerprint density at radius 3 is 2.38 bits per heavy atom. The Morgan fingerprint density at radius 1 is 1.06 bits per heavy atom. The topological polar surface area (TPSA) is 111 Å². The molecule has 1 heterocycles. The smallest absolute Gasteiger partial charge is 0.338 e. The molecule has 0 aliphatic rings. The lowest BCUT2D eigenvalue weighted by molar-refractivity contribution is -0.123. The van der Waals surface area contributed by atoms with Gasteiger partial charge in [0.15, 0.2) is 6.10 Å². The van der Waals surface area contributed by atoms with Crippen LogP contribution in [0.25, 0.3) is 0 Å². The molecule has 1 aromatic heterocycles. The molecule has 0 saturated carbocycles. The molecule has 3 rings (SSSR count). The minimum absolute atomic E-state index is 0.0188. The second-order valence-corrected chi connectivity index (χ2v) is 10.1. The van der Waals surface area contributed by atoms with Crippen molar-refractivity contribution in [1.29, 1.82) is 0 Å². The largest absolute Gasteiger partial charge is 0.449 e. The maximum absolute atomic E-state index is 13.1. The van der Waals surface area contributed by atoms with Gasteiger partial charge in [0.2, 0.25) is 0 Å². The highest BCUT2D eigenvalue weighted by Gasteiger charge is 2.25. The third-order valence-electron chi connectivity index (χ3n) is 5.19. The molecule has 0 fully saturated rings. The molecule has 0 radical (unpaired) electrons. The van der Waals surface area contributed by atoms with Gasteiger partial charge in [0.25, 0.3) is 15.9 Å². The highest BCUT2D eigenvalue weighted by atomic mass is 32.2. The molecule has 0 aliphatic heterocycles. The quantitative estimate of drug-likeness (QED) is 0.487. The van der Waals surface area contributed by atoms with Crippen LogP contribution in [0, 0.1) is 6.92 Å². The van der Waals surface area contributed by atoms with E-state index in [1.165, 1.54) is 38.2 Å². The monoisotopic (exact) mass is 484 g/mol. The number of esters is 1. The van der Waals surface area contributed by atoms with Crippen LogP contribution in [0.1, 0.15) is 42.7 Å². The van der Waals surface area contributed by atoms with E-state index in [0.717, 1.165) is 9.87 Å². The average Bonchev–Trinajstić information content (AvgIpc) is 3.27. The summed E-state index contributed by atoms with van der Waals surface area (Å²) in [5, 5.41) is 6.83. The number of nitrogens with zero attached hydrogens (tertiary/aromatic N) is 3. The molecule has 1 unspecified atom stereocenters. The molecule has 1 atom stereocenters. The molecule has 1 N–H and O–H groups in total. The van der Waals surface area contributed by atoms with Crippen molar-refractivity contribution < 1.29 is 22.7 Å². The summed E-state index contributed by atoms with van der Waals surface area (Å²) >= 11 is 0. The van der Waals surface area contributed by atoms with Crippen LogP contribution in [0.15, 0.2) is 65.7 Å². The molecule has 10 heteroatoms.